The molecule has 1 unspecified atom stereocenters. The summed E-state index contributed by atoms with van der Waals surface area (Å²) < 4.78 is 43.0. The van der Waals surface area contributed by atoms with Crippen LogP contribution < -0.4 is 9.62 Å². The summed E-state index contributed by atoms with van der Waals surface area (Å²) in [6.07, 6.45) is 0. The summed E-state index contributed by atoms with van der Waals surface area (Å²) >= 11 is 12.1. The van der Waals surface area contributed by atoms with E-state index in [9.17, 15) is 22.4 Å². The van der Waals surface area contributed by atoms with Crippen molar-refractivity contribution in [3.63, 3.8) is 0 Å². The molecule has 0 heterocycles. The lowest BCUT2D eigenvalue weighted by atomic mass is 10.1. The molecule has 0 aromatic heterocycles. The van der Waals surface area contributed by atoms with Gasteiger partial charge in [0.2, 0.25) is 11.8 Å². The molecule has 1 atom stereocenters. The van der Waals surface area contributed by atoms with Gasteiger partial charge in [0.1, 0.15) is 18.4 Å². The molecule has 0 radical (unpaired) electrons. The Labute approximate surface area is 238 Å². The number of sulfonamides is 1. The Morgan fingerprint density at radius 2 is 1.59 bits per heavy atom. The van der Waals surface area contributed by atoms with Gasteiger partial charge in [-0.1, -0.05) is 61.3 Å². The zero-order chi connectivity index (χ0) is 28.7. The van der Waals surface area contributed by atoms with Crippen molar-refractivity contribution in [1.82, 2.24) is 10.2 Å². The first-order valence-corrected chi connectivity index (χ1v) is 14.4. The fourth-order valence-corrected chi connectivity index (χ4v) is 5.46. The van der Waals surface area contributed by atoms with Crippen LogP contribution in [0.5, 0.6) is 0 Å². The van der Waals surface area contributed by atoms with E-state index in [0.717, 1.165) is 4.31 Å². The number of rotatable bonds is 11. The van der Waals surface area contributed by atoms with Crippen molar-refractivity contribution in [2.24, 2.45) is 5.92 Å². The van der Waals surface area contributed by atoms with E-state index in [2.05, 4.69) is 5.32 Å². The molecule has 208 valence electrons. The summed E-state index contributed by atoms with van der Waals surface area (Å²) in [7, 11) is -4.27. The van der Waals surface area contributed by atoms with Crippen LogP contribution >= 0.6 is 23.2 Å². The monoisotopic (exact) mass is 593 g/mol. The fraction of sp³-hybridized carbons (Fsp3) is 0.286. The number of hydrogen-bond donors (Lipinski definition) is 1. The molecular weight excluding hydrogens is 564 g/mol. The minimum absolute atomic E-state index is 0.0944. The highest BCUT2D eigenvalue weighted by Gasteiger charge is 2.33. The van der Waals surface area contributed by atoms with Gasteiger partial charge >= 0.3 is 0 Å². The van der Waals surface area contributed by atoms with Crippen LogP contribution in [0.4, 0.5) is 10.1 Å². The third kappa shape index (κ3) is 7.94. The maximum atomic E-state index is 14.6. The van der Waals surface area contributed by atoms with Crippen LogP contribution in [0.1, 0.15) is 26.3 Å². The molecule has 0 bridgehead atoms. The number of nitrogens with one attached hydrogen (secondary N) is 1. The molecule has 1 N–H and O–H groups in total. The van der Waals surface area contributed by atoms with Gasteiger partial charge in [-0.2, -0.15) is 0 Å². The molecular formula is C28H30Cl2FN3O4S. The van der Waals surface area contributed by atoms with Gasteiger partial charge in [0.25, 0.3) is 10.0 Å². The van der Waals surface area contributed by atoms with Crippen molar-refractivity contribution in [2.75, 3.05) is 17.4 Å². The van der Waals surface area contributed by atoms with Gasteiger partial charge in [0.15, 0.2) is 0 Å². The molecule has 11 heteroatoms. The second-order valence-corrected chi connectivity index (χ2v) is 12.1. The van der Waals surface area contributed by atoms with Crippen molar-refractivity contribution in [3.8, 4) is 0 Å². The van der Waals surface area contributed by atoms with E-state index in [0.29, 0.717) is 11.6 Å². The summed E-state index contributed by atoms with van der Waals surface area (Å²) in [5, 5.41) is 3.39. The largest absolute Gasteiger partial charge is 0.354 e. The molecule has 0 aliphatic rings. The summed E-state index contributed by atoms with van der Waals surface area (Å²) in [6, 6.07) is 16.5. The van der Waals surface area contributed by atoms with Crippen LogP contribution in [-0.2, 0) is 26.2 Å². The van der Waals surface area contributed by atoms with Crippen molar-refractivity contribution < 1.29 is 22.4 Å². The number of amides is 2. The van der Waals surface area contributed by atoms with Gasteiger partial charge in [0.05, 0.1) is 10.6 Å². The minimum Gasteiger partial charge on any atom is -0.354 e. The number of nitrogens with zero attached hydrogens (tertiary/aromatic N) is 2. The third-order valence-corrected chi connectivity index (χ3v) is 8.20. The predicted octanol–water partition coefficient (Wildman–Crippen LogP) is 5.52. The second kappa shape index (κ2) is 13.3. The quantitative estimate of drug-likeness (QED) is 0.317. The molecule has 0 saturated heterocycles. The lowest BCUT2D eigenvalue weighted by molar-refractivity contribution is -0.139. The van der Waals surface area contributed by atoms with E-state index in [1.165, 1.54) is 66.4 Å². The van der Waals surface area contributed by atoms with Crippen LogP contribution in [-0.4, -0.2) is 44.3 Å². The summed E-state index contributed by atoms with van der Waals surface area (Å²) in [6.45, 7) is 4.85. The Morgan fingerprint density at radius 3 is 2.21 bits per heavy atom. The normalized spacial score (nSPS) is 12.2. The smallest absolute Gasteiger partial charge is 0.264 e. The van der Waals surface area contributed by atoms with E-state index < -0.39 is 40.2 Å². The SMILES string of the molecule is CC(C)CNC(=O)C(C)N(Cc1ccccc1F)C(=O)CN(c1cccc(Cl)c1)S(=O)(=O)c1ccc(Cl)cc1. The van der Waals surface area contributed by atoms with Gasteiger partial charge < -0.3 is 10.2 Å². The van der Waals surface area contributed by atoms with Crippen LogP contribution in [0.25, 0.3) is 0 Å². The number of benzene rings is 3. The first kappa shape index (κ1) is 30.4. The highest BCUT2D eigenvalue weighted by atomic mass is 35.5. The van der Waals surface area contributed by atoms with Gasteiger partial charge in [-0.25, -0.2) is 12.8 Å². The molecule has 3 aromatic carbocycles. The standard InChI is InChI=1S/C28H30Cl2FN3O4S/c1-19(2)16-32-28(36)20(3)33(17-21-7-4-5-10-26(21)31)27(35)18-34(24-9-6-8-23(30)15-24)39(37,38)25-13-11-22(29)12-14-25/h4-15,19-20H,16-18H2,1-3H3,(H,32,36). The van der Waals surface area contributed by atoms with E-state index in [1.807, 2.05) is 13.8 Å². The Balaban J connectivity index is 2.02. The zero-order valence-corrected chi connectivity index (χ0v) is 24.1. The topological polar surface area (TPSA) is 86.8 Å². The number of anilines is 1. The lowest BCUT2D eigenvalue weighted by Gasteiger charge is -2.32. The molecule has 3 rings (SSSR count). The molecule has 7 nitrogen and oxygen atoms in total. The summed E-state index contributed by atoms with van der Waals surface area (Å²) in [4.78, 5) is 27.8. The van der Waals surface area contributed by atoms with Crippen LogP contribution in [0.3, 0.4) is 0 Å². The second-order valence-electron chi connectivity index (χ2n) is 9.37. The number of hydrogen-bond acceptors (Lipinski definition) is 4. The maximum absolute atomic E-state index is 14.6. The number of carbonyl (C=O) groups is 2. The summed E-state index contributed by atoms with van der Waals surface area (Å²) in [5.41, 5.74) is 0.331. The van der Waals surface area contributed by atoms with Gasteiger partial charge in [0, 0.05) is 28.7 Å². The Morgan fingerprint density at radius 1 is 0.923 bits per heavy atom. The van der Waals surface area contributed by atoms with E-state index in [-0.39, 0.29) is 33.6 Å². The maximum Gasteiger partial charge on any atom is 0.264 e. The van der Waals surface area contributed by atoms with E-state index in [4.69, 9.17) is 23.2 Å². The molecule has 39 heavy (non-hydrogen) atoms. The average molecular weight is 595 g/mol. The minimum atomic E-state index is -4.27. The highest BCUT2D eigenvalue weighted by Crippen LogP contribution is 2.27. The van der Waals surface area contributed by atoms with Crippen molar-refractivity contribution in [1.29, 1.82) is 0 Å². The molecule has 3 aromatic rings. The van der Waals surface area contributed by atoms with Crippen molar-refractivity contribution in [3.05, 3.63) is 94.2 Å². The zero-order valence-electron chi connectivity index (χ0n) is 21.8. The fourth-order valence-electron chi connectivity index (χ4n) is 3.74. The highest BCUT2D eigenvalue weighted by molar-refractivity contribution is 7.92. The van der Waals surface area contributed by atoms with E-state index in [1.54, 1.807) is 18.2 Å². The molecule has 0 aliphatic carbocycles. The van der Waals surface area contributed by atoms with Gasteiger partial charge in [-0.05, 0) is 61.4 Å². The molecule has 0 fully saturated rings. The number of carbonyl (C=O) groups excluding carboxylic acids is 2. The number of halogens is 3. The third-order valence-electron chi connectivity index (χ3n) is 5.93. The molecule has 0 aliphatic heterocycles. The lowest BCUT2D eigenvalue weighted by Crippen LogP contribution is -2.51. The van der Waals surface area contributed by atoms with Crippen molar-refractivity contribution in [2.45, 2.75) is 38.3 Å². The molecule has 0 spiro atoms. The first-order chi connectivity index (χ1) is 18.4. The Kier molecular flexibility index (Phi) is 10.4. The van der Waals surface area contributed by atoms with Crippen molar-refractivity contribution >= 4 is 50.7 Å². The molecule has 2 amide bonds. The summed E-state index contributed by atoms with van der Waals surface area (Å²) in [5.74, 6) is -1.53. The van der Waals surface area contributed by atoms with Crippen LogP contribution in [0, 0.1) is 11.7 Å². The Bertz CT molecular complexity index is 1420. The predicted molar refractivity (Wildman–Crippen MR) is 152 cm³/mol. The van der Waals surface area contributed by atoms with Crippen LogP contribution in [0.15, 0.2) is 77.7 Å². The Hall–Kier alpha value is -3.14. The van der Waals surface area contributed by atoms with Gasteiger partial charge in [-0.3, -0.25) is 13.9 Å². The molecule has 0 saturated carbocycles. The first-order valence-electron chi connectivity index (χ1n) is 12.2. The van der Waals surface area contributed by atoms with Crippen LogP contribution in [0.2, 0.25) is 10.0 Å². The van der Waals surface area contributed by atoms with E-state index >= 15 is 0 Å². The van der Waals surface area contributed by atoms with Gasteiger partial charge in [-0.15, -0.1) is 0 Å². The average Bonchev–Trinajstić information content (AvgIpc) is 2.89.